The largest absolute Gasteiger partial charge is 0.383 e. The van der Waals surface area contributed by atoms with Crippen LogP contribution in [0, 0.1) is 11.3 Å². The van der Waals surface area contributed by atoms with Crippen molar-refractivity contribution in [2.24, 2.45) is 5.92 Å². The molecule has 0 aromatic rings. The summed E-state index contributed by atoms with van der Waals surface area (Å²) in [5.41, 5.74) is 0. The molecule has 11 heavy (non-hydrogen) atoms. The van der Waals surface area contributed by atoms with Gasteiger partial charge in [-0.05, 0) is 0 Å². The van der Waals surface area contributed by atoms with Crippen LogP contribution in [0.3, 0.4) is 0 Å². The summed E-state index contributed by atoms with van der Waals surface area (Å²) >= 11 is 0. The van der Waals surface area contributed by atoms with Crippen LogP contribution in [0.2, 0.25) is 0 Å². The molecule has 0 heterocycles. The highest BCUT2D eigenvalue weighted by atomic mass is 16.5. The molecule has 0 amide bonds. The van der Waals surface area contributed by atoms with Crippen LogP contribution >= 0.6 is 0 Å². The van der Waals surface area contributed by atoms with Crippen LogP contribution in [-0.2, 0) is 4.74 Å². The van der Waals surface area contributed by atoms with Crippen molar-refractivity contribution in [1.82, 2.24) is 4.90 Å². The Morgan fingerprint density at radius 3 is 2.45 bits per heavy atom. The van der Waals surface area contributed by atoms with E-state index in [9.17, 15) is 0 Å². The van der Waals surface area contributed by atoms with Gasteiger partial charge in [-0.25, -0.2) is 0 Å². The van der Waals surface area contributed by atoms with Crippen LogP contribution in [0.5, 0.6) is 0 Å². The molecule has 0 spiro atoms. The fourth-order valence-corrected chi connectivity index (χ4v) is 0.789. The average Bonchev–Trinajstić information content (AvgIpc) is 1.98. The molecule has 0 rings (SSSR count). The van der Waals surface area contributed by atoms with Gasteiger partial charge >= 0.3 is 0 Å². The zero-order valence-electron chi connectivity index (χ0n) is 7.85. The molecule has 0 aromatic heterocycles. The van der Waals surface area contributed by atoms with Crippen molar-refractivity contribution in [2.45, 2.75) is 13.8 Å². The maximum Gasteiger partial charge on any atom is 0.0982 e. The molecule has 0 saturated carbocycles. The maximum atomic E-state index is 7.60. The Kier molecular flexibility index (Phi) is 4.86. The molecule has 0 bridgehead atoms. The Morgan fingerprint density at radius 1 is 1.55 bits per heavy atom. The molecular weight excluding hydrogens is 140 g/mol. The summed E-state index contributed by atoms with van der Waals surface area (Å²) in [7, 11) is 3.59. The van der Waals surface area contributed by atoms with Gasteiger partial charge in [0.25, 0.3) is 0 Å². The van der Waals surface area contributed by atoms with Gasteiger partial charge in [0.05, 0.1) is 12.4 Å². The van der Waals surface area contributed by atoms with Gasteiger partial charge in [0, 0.05) is 26.6 Å². The minimum atomic E-state index is 0.303. The smallest absolute Gasteiger partial charge is 0.0982 e. The second-order valence-electron chi connectivity index (χ2n) is 2.95. The second-order valence-corrected chi connectivity index (χ2v) is 2.95. The second kappa shape index (κ2) is 5.13. The third-order valence-corrected chi connectivity index (χ3v) is 1.59. The van der Waals surface area contributed by atoms with E-state index in [0.717, 1.165) is 6.54 Å². The highest BCUT2D eigenvalue weighted by Crippen LogP contribution is 1.98. The van der Waals surface area contributed by atoms with Gasteiger partial charge in [0.2, 0.25) is 0 Å². The Balaban J connectivity index is 3.64. The number of hydrogen-bond acceptors (Lipinski definition) is 2. The molecule has 3 nitrogen and oxygen atoms in total. The molecule has 0 aliphatic heterocycles. The Labute approximate surface area is 68.9 Å². The van der Waals surface area contributed by atoms with E-state index < -0.39 is 0 Å². The lowest BCUT2D eigenvalue weighted by molar-refractivity contribution is 0.181. The minimum Gasteiger partial charge on any atom is -0.383 e. The number of likely N-dealkylation sites (N-methyl/N-ethyl adjacent to an activating group) is 1. The normalized spacial score (nSPS) is 10.3. The van der Waals surface area contributed by atoms with Crippen molar-refractivity contribution in [3.8, 4) is 0 Å². The summed E-state index contributed by atoms with van der Waals surface area (Å²) in [5.74, 6) is 0.971. The lowest BCUT2D eigenvalue weighted by atomic mass is 10.2. The zero-order chi connectivity index (χ0) is 8.85. The lowest BCUT2D eigenvalue weighted by Gasteiger charge is -2.21. The third kappa shape index (κ3) is 3.98. The van der Waals surface area contributed by atoms with Crippen LogP contribution in [0.1, 0.15) is 13.8 Å². The van der Waals surface area contributed by atoms with Gasteiger partial charge in [0.15, 0.2) is 0 Å². The van der Waals surface area contributed by atoms with Crippen LogP contribution in [-0.4, -0.2) is 38.0 Å². The van der Waals surface area contributed by atoms with E-state index in [1.807, 2.05) is 25.8 Å². The highest BCUT2D eigenvalue weighted by molar-refractivity contribution is 5.80. The molecular formula is C8H18N2O. The Bertz CT molecular complexity index is 123. The number of ether oxygens (including phenoxy) is 1. The summed E-state index contributed by atoms with van der Waals surface area (Å²) in [6.45, 7) is 5.52. The van der Waals surface area contributed by atoms with Gasteiger partial charge in [-0.15, -0.1) is 0 Å². The van der Waals surface area contributed by atoms with E-state index in [-0.39, 0.29) is 0 Å². The first-order valence-electron chi connectivity index (χ1n) is 3.88. The van der Waals surface area contributed by atoms with Crippen LogP contribution in [0.25, 0.3) is 0 Å². The average molecular weight is 158 g/mol. The van der Waals surface area contributed by atoms with E-state index in [0.29, 0.717) is 18.4 Å². The Morgan fingerprint density at radius 2 is 2.09 bits per heavy atom. The minimum absolute atomic E-state index is 0.303. The SMILES string of the molecule is COCCN(C)C(=N)C(C)C. The quantitative estimate of drug-likeness (QED) is 0.493. The van der Waals surface area contributed by atoms with Crippen LogP contribution < -0.4 is 0 Å². The van der Waals surface area contributed by atoms with E-state index in [1.54, 1.807) is 7.11 Å². The first kappa shape index (κ1) is 10.4. The van der Waals surface area contributed by atoms with Crippen LogP contribution in [0.4, 0.5) is 0 Å². The molecule has 1 N–H and O–H groups in total. The number of nitrogens with zero attached hydrogens (tertiary/aromatic N) is 1. The molecule has 0 aliphatic carbocycles. The topological polar surface area (TPSA) is 36.3 Å². The van der Waals surface area contributed by atoms with Gasteiger partial charge in [0.1, 0.15) is 0 Å². The highest BCUT2D eigenvalue weighted by Gasteiger charge is 2.06. The Hall–Kier alpha value is -0.570. The number of hydrogen-bond donors (Lipinski definition) is 1. The predicted octanol–water partition coefficient (Wildman–Crippen LogP) is 1.20. The van der Waals surface area contributed by atoms with Crippen molar-refractivity contribution < 1.29 is 4.74 Å². The zero-order valence-corrected chi connectivity index (χ0v) is 7.85. The molecule has 0 unspecified atom stereocenters. The van der Waals surface area contributed by atoms with Crippen molar-refractivity contribution in [3.63, 3.8) is 0 Å². The summed E-state index contributed by atoms with van der Waals surface area (Å²) in [6.07, 6.45) is 0. The fourth-order valence-electron chi connectivity index (χ4n) is 0.789. The lowest BCUT2D eigenvalue weighted by Crippen LogP contribution is -2.32. The molecule has 3 heteroatoms. The van der Waals surface area contributed by atoms with E-state index in [1.165, 1.54) is 0 Å². The van der Waals surface area contributed by atoms with Crippen LogP contribution in [0.15, 0.2) is 0 Å². The summed E-state index contributed by atoms with van der Waals surface area (Å²) in [5, 5.41) is 7.60. The third-order valence-electron chi connectivity index (χ3n) is 1.59. The van der Waals surface area contributed by atoms with Gasteiger partial charge in [-0.3, -0.25) is 5.41 Å². The first-order chi connectivity index (χ1) is 5.09. The monoisotopic (exact) mass is 158 g/mol. The molecule has 0 radical (unpaired) electrons. The molecule has 0 aliphatic rings. The number of nitrogens with one attached hydrogen (secondary N) is 1. The van der Waals surface area contributed by atoms with Gasteiger partial charge in [-0.2, -0.15) is 0 Å². The van der Waals surface area contributed by atoms with Crippen molar-refractivity contribution in [1.29, 1.82) is 5.41 Å². The number of methoxy groups -OCH3 is 1. The molecule has 66 valence electrons. The fraction of sp³-hybridized carbons (Fsp3) is 0.875. The number of rotatable bonds is 4. The maximum absolute atomic E-state index is 7.60. The van der Waals surface area contributed by atoms with E-state index in [4.69, 9.17) is 10.1 Å². The van der Waals surface area contributed by atoms with E-state index in [2.05, 4.69) is 0 Å². The molecule has 0 aromatic carbocycles. The van der Waals surface area contributed by atoms with Crippen molar-refractivity contribution in [2.75, 3.05) is 27.3 Å². The molecule has 0 saturated heterocycles. The van der Waals surface area contributed by atoms with Crippen molar-refractivity contribution in [3.05, 3.63) is 0 Å². The summed E-state index contributed by atoms with van der Waals surface area (Å²) in [4.78, 5) is 1.91. The molecule has 0 atom stereocenters. The first-order valence-corrected chi connectivity index (χ1v) is 3.88. The summed E-state index contributed by atoms with van der Waals surface area (Å²) < 4.78 is 4.90. The molecule has 0 fully saturated rings. The standard InChI is InChI=1S/C8H18N2O/c1-7(2)8(9)10(3)5-6-11-4/h7,9H,5-6H2,1-4H3. The van der Waals surface area contributed by atoms with Gasteiger partial charge < -0.3 is 9.64 Å². The van der Waals surface area contributed by atoms with E-state index >= 15 is 0 Å². The van der Waals surface area contributed by atoms with Crippen molar-refractivity contribution >= 4 is 5.84 Å². The summed E-state index contributed by atoms with van der Waals surface area (Å²) in [6, 6.07) is 0. The predicted molar refractivity (Wildman–Crippen MR) is 47.1 cm³/mol. The van der Waals surface area contributed by atoms with Gasteiger partial charge in [-0.1, -0.05) is 13.8 Å². The number of amidine groups is 1.